The fourth-order valence-electron chi connectivity index (χ4n) is 2.27. The summed E-state index contributed by atoms with van der Waals surface area (Å²) in [5.74, 6) is 0.617. The number of urea groups is 1. The second kappa shape index (κ2) is 5.66. The zero-order valence-electron chi connectivity index (χ0n) is 11.4. The maximum Gasteiger partial charge on any atom is 0.319 e. The molecular formula is C14H15BrN2O3. The molecule has 0 spiro atoms. The van der Waals surface area contributed by atoms with Crippen molar-refractivity contribution in [1.29, 1.82) is 0 Å². The summed E-state index contributed by atoms with van der Waals surface area (Å²) < 4.78 is 5.95. The fraction of sp³-hybridized carbons (Fsp3) is 0.286. The highest BCUT2D eigenvalue weighted by molar-refractivity contribution is 9.10. The Morgan fingerprint density at radius 1 is 1.40 bits per heavy atom. The van der Waals surface area contributed by atoms with Crippen LogP contribution in [0.25, 0.3) is 0 Å². The van der Waals surface area contributed by atoms with Gasteiger partial charge in [0.15, 0.2) is 5.78 Å². The Morgan fingerprint density at radius 2 is 2.10 bits per heavy atom. The third-order valence-electron chi connectivity index (χ3n) is 3.16. The molecule has 6 heteroatoms. The van der Waals surface area contributed by atoms with Gasteiger partial charge < -0.3 is 15.4 Å². The van der Waals surface area contributed by atoms with E-state index in [1.807, 2.05) is 12.1 Å². The Kier molecular flexibility index (Phi) is 4.13. The number of carbonyl (C=O) groups excluding carboxylic acids is 2. The van der Waals surface area contributed by atoms with Gasteiger partial charge in [-0.05, 0) is 47.5 Å². The van der Waals surface area contributed by atoms with E-state index < -0.39 is 6.04 Å². The average molecular weight is 339 g/mol. The van der Waals surface area contributed by atoms with E-state index in [0.29, 0.717) is 17.0 Å². The molecule has 106 valence electrons. The van der Waals surface area contributed by atoms with Crippen LogP contribution in [0, 0.1) is 0 Å². The van der Waals surface area contributed by atoms with E-state index in [2.05, 4.69) is 26.6 Å². The second-order valence-corrected chi connectivity index (χ2v) is 5.37. The minimum absolute atomic E-state index is 0.0769. The van der Waals surface area contributed by atoms with Crippen LogP contribution in [-0.2, 0) is 4.79 Å². The second-order valence-electron chi connectivity index (χ2n) is 4.52. The molecule has 1 aliphatic heterocycles. The first-order chi connectivity index (χ1) is 9.43. The fourth-order valence-corrected chi connectivity index (χ4v) is 2.83. The summed E-state index contributed by atoms with van der Waals surface area (Å²) in [6.07, 6.45) is 0. The van der Waals surface area contributed by atoms with E-state index in [-0.39, 0.29) is 11.8 Å². The lowest BCUT2D eigenvalue weighted by Gasteiger charge is -2.28. The average Bonchev–Trinajstić information content (AvgIpc) is 2.37. The van der Waals surface area contributed by atoms with Crippen LogP contribution in [0.4, 0.5) is 4.79 Å². The lowest BCUT2D eigenvalue weighted by Crippen LogP contribution is -2.44. The van der Waals surface area contributed by atoms with Gasteiger partial charge in [-0.3, -0.25) is 4.79 Å². The number of rotatable bonds is 3. The lowest BCUT2D eigenvalue weighted by molar-refractivity contribution is -0.114. The number of methoxy groups -OCH3 is 1. The Bertz CT molecular complexity index is 610. The van der Waals surface area contributed by atoms with Gasteiger partial charge in [0, 0.05) is 11.3 Å². The third kappa shape index (κ3) is 2.70. The molecule has 0 saturated carbocycles. The number of amides is 2. The number of carbonyl (C=O) groups is 2. The summed E-state index contributed by atoms with van der Waals surface area (Å²) in [5, 5.41) is 5.39. The van der Waals surface area contributed by atoms with Gasteiger partial charge in [0.25, 0.3) is 0 Å². The molecule has 1 aromatic carbocycles. The highest BCUT2D eigenvalue weighted by Gasteiger charge is 2.29. The molecule has 0 aliphatic carbocycles. The van der Waals surface area contributed by atoms with Crippen LogP contribution < -0.4 is 15.4 Å². The van der Waals surface area contributed by atoms with Gasteiger partial charge in [0.1, 0.15) is 5.75 Å². The summed E-state index contributed by atoms with van der Waals surface area (Å²) in [4.78, 5) is 23.5. The molecule has 0 bridgehead atoms. The van der Waals surface area contributed by atoms with Gasteiger partial charge in [-0.1, -0.05) is 6.07 Å². The Hall–Kier alpha value is -1.82. The number of ether oxygens (including phenoxy) is 1. The van der Waals surface area contributed by atoms with Crippen LogP contribution in [0.3, 0.4) is 0 Å². The SMILES string of the molecule is COc1ccc(C2NC(=O)NC(C)=C2C(C)=O)cc1Br. The molecule has 5 nitrogen and oxygen atoms in total. The van der Waals surface area contributed by atoms with Gasteiger partial charge in [-0.2, -0.15) is 0 Å². The summed E-state index contributed by atoms with van der Waals surface area (Å²) in [7, 11) is 1.58. The molecule has 1 unspecified atom stereocenters. The quantitative estimate of drug-likeness (QED) is 0.890. The van der Waals surface area contributed by atoms with Crippen LogP contribution in [0.15, 0.2) is 33.9 Å². The number of nitrogens with one attached hydrogen (secondary N) is 2. The smallest absolute Gasteiger partial charge is 0.319 e. The molecule has 1 atom stereocenters. The molecule has 0 aromatic heterocycles. The normalized spacial score (nSPS) is 18.4. The number of allylic oxidation sites excluding steroid dienone is 1. The number of Topliss-reactive ketones (excluding diaryl/α,β-unsaturated/α-hetero) is 1. The van der Waals surface area contributed by atoms with Crippen LogP contribution in [0.2, 0.25) is 0 Å². The predicted molar refractivity (Wildman–Crippen MR) is 78.5 cm³/mol. The number of hydrogen-bond donors (Lipinski definition) is 2. The number of halogens is 1. The van der Waals surface area contributed by atoms with Crippen molar-refractivity contribution in [2.45, 2.75) is 19.9 Å². The van der Waals surface area contributed by atoms with Crippen molar-refractivity contribution >= 4 is 27.7 Å². The zero-order valence-corrected chi connectivity index (χ0v) is 13.0. The largest absolute Gasteiger partial charge is 0.496 e. The highest BCUT2D eigenvalue weighted by Crippen LogP contribution is 2.32. The van der Waals surface area contributed by atoms with Crippen molar-refractivity contribution in [3.63, 3.8) is 0 Å². The molecule has 1 aromatic rings. The van der Waals surface area contributed by atoms with Gasteiger partial charge >= 0.3 is 6.03 Å². The lowest BCUT2D eigenvalue weighted by atomic mass is 9.93. The van der Waals surface area contributed by atoms with Gasteiger partial charge in [0.05, 0.1) is 17.6 Å². The standard InChI is InChI=1S/C14H15BrN2O3/c1-7-12(8(2)18)13(17-14(19)16-7)9-4-5-11(20-3)10(15)6-9/h4-6,13H,1-3H3,(H2,16,17,19). The van der Waals surface area contributed by atoms with Crippen molar-refractivity contribution < 1.29 is 14.3 Å². The van der Waals surface area contributed by atoms with Crippen LogP contribution in [0.5, 0.6) is 5.75 Å². The summed E-state index contributed by atoms with van der Waals surface area (Å²) >= 11 is 3.41. The third-order valence-corrected chi connectivity index (χ3v) is 3.78. The maximum atomic E-state index is 11.8. The van der Waals surface area contributed by atoms with E-state index in [1.165, 1.54) is 6.92 Å². The van der Waals surface area contributed by atoms with Crippen molar-refractivity contribution in [3.8, 4) is 5.75 Å². The Labute approximate surface area is 125 Å². The molecule has 20 heavy (non-hydrogen) atoms. The minimum atomic E-state index is -0.455. The summed E-state index contributed by atoms with van der Waals surface area (Å²) in [6, 6.07) is 4.69. The van der Waals surface area contributed by atoms with Crippen molar-refractivity contribution in [2.75, 3.05) is 7.11 Å². The topological polar surface area (TPSA) is 67.4 Å². The Balaban J connectivity index is 2.49. The van der Waals surface area contributed by atoms with Crippen molar-refractivity contribution in [2.24, 2.45) is 0 Å². The summed E-state index contributed by atoms with van der Waals surface area (Å²) in [6.45, 7) is 3.21. The first-order valence-electron chi connectivity index (χ1n) is 6.06. The molecule has 2 rings (SSSR count). The van der Waals surface area contributed by atoms with Gasteiger partial charge in [-0.25, -0.2) is 4.79 Å². The highest BCUT2D eigenvalue weighted by atomic mass is 79.9. The maximum absolute atomic E-state index is 11.8. The molecule has 1 heterocycles. The molecule has 0 saturated heterocycles. The van der Waals surface area contributed by atoms with E-state index in [4.69, 9.17) is 4.74 Å². The minimum Gasteiger partial charge on any atom is -0.496 e. The first kappa shape index (κ1) is 14.6. The van der Waals surface area contributed by atoms with Crippen molar-refractivity contribution in [1.82, 2.24) is 10.6 Å². The number of hydrogen-bond acceptors (Lipinski definition) is 3. The summed E-state index contributed by atoms with van der Waals surface area (Å²) in [5.41, 5.74) is 1.96. The first-order valence-corrected chi connectivity index (χ1v) is 6.86. The monoisotopic (exact) mass is 338 g/mol. The van der Waals surface area contributed by atoms with E-state index in [9.17, 15) is 9.59 Å². The zero-order chi connectivity index (χ0) is 14.9. The predicted octanol–water partition coefficient (Wildman–Crippen LogP) is 2.67. The van der Waals surface area contributed by atoms with Gasteiger partial charge in [0.2, 0.25) is 0 Å². The van der Waals surface area contributed by atoms with E-state index in [1.54, 1.807) is 20.1 Å². The molecule has 1 aliphatic rings. The number of benzene rings is 1. The number of ketones is 1. The van der Waals surface area contributed by atoms with Gasteiger partial charge in [-0.15, -0.1) is 0 Å². The van der Waals surface area contributed by atoms with Crippen LogP contribution in [0.1, 0.15) is 25.5 Å². The van der Waals surface area contributed by atoms with Crippen LogP contribution in [-0.4, -0.2) is 18.9 Å². The van der Waals surface area contributed by atoms with Crippen LogP contribution >= 0.6 is 15.9 Å². The molecule has 0 radical (unpaired) electrons. The molecule has 2 amide bonds. The Morgan fingerprint density at radius 3 is 2.65 bits per heavy atom. The van der Waals surface area contributed by atoms with E-state index >= 15 is 0 Å². The molecule has 2 N–H and O–H groups in total. The van der Waals surface area contributed by atoms with Crippen molar-refractivity contribution in [3.05, 3.63) is 39.5 Å². The van der Waals surface area contributed by atoms with E-state index in [0.717, 1.165) is 10.0 Å². The molecular weight excluding hydrogens is 324 g/mol. The molecule has 0 fully saturated rings.